The minimum atomic E-state index is -0.269. The quantitative estimate of drug-likeness (QED) is 0.464. The molecule has 2 aliphatic rings. The summed E-state index contributed by atoms with van der Waals surface area (Å²) in [6, 6.07) is 8.23. The summed E-state index contributed by atoms with van der Waals surface area (Å²) in [5.74, 6) is -1.20. The van der Waals surface area contributed by atoms with E-state index in [-0.39, 0.29) is 41.9 Å². The van der Waals surface area contributed by atoms with Crippen molar-refractivity contribution in [3.8, 4) is 11.3 Å². The highest BCUT2D eigenvalue weighted by molar-refractivity contribution is 6.07. The van der Waals surface area contributed by atoms with Crippen molar-refractivity contribution < 1.29 is 18.8 Å². The molecule has 1 N–H and O–H groups in total. The van der Waals surface area contributed by atoms with E-state index in [0.717, 1.165) is 68.3 Å². The molecule has 3 amide bonds. The zero-order chi connectivity index (χ0) is 23.4. The van der Waals surface area contributed by atoms with Crippen LogP contribution in [0.4, 0.5) is 4.39 Å². The third-order valence-electron chi connectivity index (χ3n) is 6.86. The SMILES string of the molecule is CN(CCCCCc1cc(-c2ccc(F)cc2)n[nH]1)C(=O)CN1C(=O)C2CCCCC2C1=O. The van der Waals surface area contributed by atoms with E-state index in [2.05, 4.69) is 10.2 Å². The van der Waals surface area contributed by atoms with Gasteiger partial charge in [0.05, 0.1) is 17.5 Å². The standard InChI is InChI=1S/C25H31FN4O3/c1-29(23(31)16-30-24(32)20-8-4-5-9-21(20)25(30)33)14-6-2-3-7-19-15-22(28-27-19)17-10-12-18(26)13-11-17/h10-13,15,20-21H,2-9,14,16H2,1H3,(H,27,28). The number of H-pyrrole nitrogens is 1. The zero-order valence-electron chi connectivity index (χ0n) is 19.1. The highest BCUT2D eigenvalue weighted by Gasteiger charge is 2.48. The maximum absolute atomic E-state index is 13.1. The van der Waals surface area contributed by atoms with Gasteiger partial charge in [-0.05, 0) is 62.4 Å². The molecule has 2 atom stereocenters. The van der Waals surface area contributed by atoms with Gasteiger partial charge < -0.3 is 4.90 Å². The van der Waals surface area contributed by atoms with Crippen LogP contribution in [-0.4, -0.2) is 57.9 Å². The number of hydrogen-bond acceptors (Lipinski definition) is 4. The highest BCUT2D eigenvalue weighted by atomic mass is 19.1. The van der Waals surface area contributed by atoms with Gasteiger partial charge in [-0.1, -0.05) is 19.3 Å². The summed E-state index contributed by atoms with van der Waals surface area (Å²) >= 11 is 0. The van der Waals surface area contributed by atoms with Crippen molar-refractivity contribution in [3.05, 3.63) is 41.8 Å². The first-order valence-corrected chi connectivity index (χ1v) is 11.8. The number of benzene rings is 1. The second-order valence-corrected chi connectivity index (χ2v) is 9.17. The lowest BCUT2D eigenvalue weighted by Crippen LogP contribution is -2.42. The second-order valence-electron chi connectivity index (χ2n) is 9.17. The molecule has 0 bridgehead atoms. The van der Waals surface area contributed by atoms with Gasteiger partial charge in [-0.25, -0.2) is 4.39 Å². The Morgan fingerprint density at radius 3 is 2.42 bits per heavy atom. The van der Waals surface area contributed by atoms with Crippen molar-refractivity contribution in [3.63, 3.8) is 0 Å². The number of fused-ring (bicyclic) bond motifs is 1. The van der Waals surface area contributed by atoms with E-state index in [9.17, 15) is 18.8 Å². The summed E-state index contributed by atoms with van der Waals surface area (Å²) in [6.45, 7) is 0.452. The van der Waals surface area contributed by atoms with Gasteiger partial charge in [0.25, 0.3) is 0 Å². The summed E-state index contributed by atoms with van der Waals surface area (Å²) in [4.78, 5) is 40.5. The number of likely N-dealkylation sites (tertiary alicyclic amines) is 1. The number of likely N-dealkylation sites (N-methyl/N-ethyl adjacent to an activating group) is 1. The predicted octanol–water partition coefficient (Wildman–Crippen LogP) is 3.56. The second kappa shape index (κ2) is 10.3. The van der Waals surface area contributed by atoms with Gasteiger partial charge in [0.2, 0.25) is 17.7 Å². The molecule has 0 radical (unpaired) electrons. The minimum Gasteiger partial charge on any atom is -0.344 e. The average molecular weight is 455 g/mol. The Labute approximate surface area is 193 Å². The fourth-order valence-electron chi connectivity index (χ4n) is 4.87. The summed E-state index contributed by atoms with van der Waals surface area (Å²) in [5, 5.41) is 7.32. The molecule has 8 heteroatoms. The zero-order valence-corrected chi connectivity index (χ0v) is 19.1. The molecule has 1 aliphatic heterocycles. The van der Waals surface area contributed by atoms with Crippen molar-refractivity contribution >= 4 is 17.7 Å². The molecule has 2 fully saturated rings. The lowest BCUT2D eigenvalue weighted by molar-refractivity contribution is -0.146. The lowest BCUT2D eigenvalue weighted by atomic mass is 9.81. The molecule has 1 aliphatic carbocycles. The summed E-state index contributed by atoms with van der Waals surface area (Å²) < 4.78 is 13.1. The number of carbonyl (C=O) groups excluding carboxylic acids is 3. The number of halogens is 1. The van der Waals surface area contributed by atoms with Crippen LogP contribution in [0.15, 0.2) is 30.3 Å². The third-order valence-corrected chi connectivity index (χ3v) is 6.86. The molecule has 1 aromatic carbocycles. The molecule has 33 heavy (non-hydrogen) atoms. The number of unbranched alkanes of at least 4 members (excludes halogenated alkanes) is 2. The number of rotatable bonds is 9. The largest absolute Gasteiger partial charge is 0.344 e. The molecular formula is C25H31FN4O3. The molecule has 1 saturated heterocycles. The summed E-state index contributed by atoms with van der Waals surface area (Å²) in [6.07, 6.45) is 7.05. The maximum Gasteiger partial charge on any atom is 0.242 e. The van der Waals surface area contributed by atoms with Crippen LogP contribution in [0.5, 0.6) is 0 Å². The van der Waals surface area contributed by atoms with Crippen molar-refractivity contribution in [2.45, 2.75) is 51.4 Å². The molecule has 2 aromatic rings. The topological polar surface area (TPSA) is 86.4 Å². The Morgan fingerprint density at radius 2 is 1.76 bits per heavy atom. The van der Waals surface area contributed by atoms with Gasteiger partial charge in [0.1, 0.15) is 12.4 Å². The molecule has 4 rings (SSSR count). The van der Waals surface area contributed by atoms with E-state index in [4.69, 9.17) is 0 Å². The molecule has 1 saturated carbocycles. The lowest BCUT2D eigenvalue weighted by Gasteiger charge is -2.21. The number of carbonyl (C=O) groups is 3. The summed E-state index contributed by atoms with van der Waals surface area (Å²) in [5.41, 5.74) is 2.68. The molecule has 1 aromatic heterocycles. The Balaban J connectivity index is 1.17. The Hall–Kier alpha value is -3.03. The van der Waals surface area contributed by atoms with Gasteiger partial charge in [0.15, 0.2) is 0 Å². The van der Waals surface area contributed by atoms with Gasteiger partial charge in [-0.3, -0.25) is 24.4 Å². The van der Waals surface area contributed by atoms with Crippen LogP contribution in [0.3, 0.4) is 0 Å². The van der Waals surface area contributed by atoms with Crippen molar-refractivity contribution in [1.82, 2.24) is 20.0 Å². The number of amides is 3. The van der Waals surface area contributed by atoms with E-state index in [1.54, 1.807) is 24.1 Å². The monoisotopic (exact) mass is 454 g/mol. The number of hydrogen-bond donors (Lipinski definition) is 1. The van der Waals surface area contributed by atoms with Crippen LogP contribution in [0.1, 0.15) is 50.6 Å². The first kappa shape index (κ1) is 23.1. The molecule has 2 unspecified atom stereocenters. The Bertz CT molecular complexity index is 979. The first-order chi connectivity index (χ1) is 15.9. The fourth-order valence-corrected chi connectivity index (χ4v) is 4.87. The van der Waals surface area contributed by atoms with E-state index in [1.807, 2.05) is 6.07 Å². The van der Waals surface area contributed by atoms with Crippen LogP contribution in [-0.2, 0) is 20.8 Å². The van der Waals surface area contributed by atoms with Crippen LogP contribution in [0.2, 0.25) is 0 Å². The predicted molar refractivity (Wildman–Crippen MR) is 121 cm³/mol. The number of imide groups is 1. The van der Waals surface area contributed by atoms with Crippen LogP contribution < -0.4 is 0 Å². The Morgan fingerprint density at radius 1 is 1.09 bits per heavy atom. The molecular weight excluding hydrogens is 423 g/mol. The highest BCUT2D eigenvalue weighted by Crippen LogP contribution is 2.37. The molecule has 2 heterocycles. The van der Waals surface area contributed by atoms with Gasteiger partial charge in [0, 0.05) is 24.8 Å². The van der Waals surface area contributed by atoms with E-state index >= 15 is 0 Å². The van der Waals surface area contributed by atoms with Gasteiger partial charge in [-0.2, -0.15) is 5.10 Å². The van der Waals surface area contributed by atoms with E-state index < -0.39 is 0 Å². The fraction of sp³-hybridized carbons (Fsp3) is 0.520. The smallest absolute Gasteiger partial charge is 0.242 e. The van der Waals surface area contributed by atoms with E-state index in [1.165, 1.54) is 17.0 Å². The third kappa shape index (κ3) is 5.31. The van der Waals surface area contributed by atoms with Crippen molar-refractivity contribution in [2.24, 2.45) is 11.8 Å². The number of nitrogens with zero attached hydrogens (tertiary/aromatic N) is 3. The molecule has 0 spiro atoms. The summed E-state index contributed by atoms with van der Waals surface area (Å²) in [7, 11) is 1.73. The number of aromatic nitrogens is 2. The van der Waals surface area contributed by atoms with Gasteiger partial charge in [-0.15, -0.1) is 0 Å². The number of aromatic amines is 1. The van der Waals surface area contributed by atoms with Crippen LogP contribution in [0, 0.1) is 17.7 Å². The molecule has 7 nitrogen and oxygen atoms in total. The first-order valence-electron chi connectivity index (χ1n) is 11.8. The van der Waals surface area contributed by atoms with Crippen LogP contribution >= 0.6 is 0 Å². The van der Waals surface area contributed by atoms with Crippen LogP contribution in [0.25, 0.3) is 11.3 Å². The van der Waals surface area contributed by atoms with Crippen molar-refractivity contribution in [1.29, 1.82) is 0 Å². The van der Waals surface area contributed by atoms with Gasteiger partial charge >= 0.3 is 0 Å². The Kier molecular flexibility index (Phi) is 7.20. The maximum atomic E-state index is 13.1. The van der Waals surface area contributed by atoms with Crippen molar-refractivity contribution in [2.75, 3.05) is 20.1 Å². The number of aryl methyl sites for hydroxylation is 1. The number of nitrogens with one attached hydrogen (secondary N) is 1. The van der Waals surface area contributed by atoms with E-state index in [0.29, 0.717) is 6.54 Å². The minimum absolute atomic E-state index is 0.137. The normalized spacial score (nSPS) is 20.2. The molecule has 176 valence electrons. The average Bonchev–Trinajstić information content (AvgIpc) is 3.38.